The van der Waals surface area contributed by atoms with Crippen LogP contribution >= 0.6 is 0 Å². The lowest BCUT2D eigenvalue weighted by Gasteiger charge is -2.12. The first-order valence-corrected chi connectivity index (χ1v) is 8.74. The minimum absolute atomic E-state index is 0.135. The molecule has 0 aliphatic heterocycles. The maximum absolute atomic E-state index is 12.4. The van der Waals surface area contributed by atoms with E-state index in [-0.39, 0.29) is 18.0 Å². The molecule has 0 aliphatic rings. The van der Waals surface area contributed by atoms with Crippen LogP contribution in [0.15, 0.2) is 47.4 Å². The highest BCUT2D eigenvalue weighted by molar-refractivity contribution is 7.89. The van der Waals surface area contributed by atoms with Crippen LogP contribution in [-0.4, -0.2) is 28.7 Å². The van der Waals surface area contributed by atoms with E-state index in [4.69, 9.17) is 9.47 Å². The summed E-state index contributed by atoms with van der Waals surface area (Å²) < 4.78 is 37.9. The number of benzene rings is 2. The third-order valence-corrected chi connectivity index (χ3v) is 4.77. The number of aryl methyl sites for hydroxylation is 2. The van der Waals surface area contributed by atoms with Crippen molar-refractivity contribution in [3.05, 3.63) is 53.6 Å². The normalized spacial score (nSPS) is 11.3. The monoisotopic (exact) mass is 335 g/mol. The van der Waals surface area contributed by atoms with Crippen LogP contribution in [0.1, 0.15) is 11.1 Å². The van der Waals surface area contributed by atoms with E-state index >= 15 is 0 Å². The van der Waals surface area contributed by atoms with Crippen molar-refractivity contribution in [3.8, 4) is 11.5 Å². The second kappa shape index (κ2) is 7.48. The van der Waals surface area contributed by atoms with Gasteiger partial charge in [-0.3, -0.25) is 0 Å². The van der Waals surface area contributed by atoms with Gasteiger partial charge in [0.2, 0.25) is 10.0 Å². The van der Waals surface area contributed by atoms with Crippen molar-refractivity contribution in [1.29, 1.82) is 0 Å². The van der Waals surface area contributed by atoms with Gasteiger partial charge in [0.15, 0.2) is 0 Å². The Bertz CT molecular complexity index is 755. The third kappa shape index (κ3) is 4.71. The minimum Gasteiger partial charge on any atom is -0.495 e. The van der Waals surface area contributed by atoms with Gasteiger partial charge in [0.25, 0.3) is 0 Å². The van der Waals surface area contributed by atoms with E-state index in [2.05, 4.69) is 4.72 Å². The zero-order valence-electron chi connectivity index (χ0n) is 13.5. The smallest absolute Gasteiger partial charge is 0.244 e. The van der Waals surface area contributed by atoms with Crippen LogP contribution in [0.4, 0.5) is 0 Å². The SMILES string of the molecule is COc1ccc(C)cc1S(=O)(=O)NCCOc1ccc(C)cc1. The van der Waals surface area contributed by atoms with Gasteiger partial charge in [-0.25, -0.2) is 13.1 Å². The Labute approximate surface area is 137 Å². The van der Waals surface area contributed by atoms with E-state index in [0.717, 1.165) is 11.1 Å². The zero-order valence-corrected chi connectivity index (χ0v) is 14.3. The number of hydrogen-bond donors (Lipinski definition) is 1. The number of rotatable bonds is 7. The molecule has 0 fully saturated rings. The lowest BCUT2D eigenvalue weighted by molar-refractivity contribution is 0.322. The van der Waals surface area contributed by atoms with Crippen molar-refractivity contribution in [2.75, 3.05) is 20.3 Å². The summed E-state index contributed by atoms with van der Waals surface area (Å²) >= 11 is 0. The number of sulfonamides is 1. The van der Waals surface area contributed by atoms with Gasteiger partial charge in [0, 0.05) is 6.54 Å². The molecule has 0 spiro atoms. The molecular weight excluding hydrogens is 314 g/mol. The molecule has 0 heterocycles. The van der Waals surface area contributed by atoms with E-state index in [9.17, 15) is 8.42 Å². The highest BCUT2D eigenvalue weighted by Crippen LogP contribution is 2.24. The van der Waals surface area contributed by atoms with Crippen LogP contribution in [-0.2, 0) is 10.0 Å². The second-order valence-electron chi connectivity index (χ2n) is 5.21. The standard InChI is InChI=1S/C17H21NO4S/c1-13-4-7-15(8-5-13)22-11-10-18-23(19,20)17-12-14(2)6-9-16(17)21-3/h4-9,12,18H,10-11H2,1-3H3. The summed E-state index contributed by atoms with van der Waals surface area (Å²) in [6.07, 6.45) is 0. The predicted octanol–water partition coefficient (Wildman–Crippen LogP) is 2.67. The summed E-state index contributed by atoms with van der Waals surface area (Å²) in [4.78, 5) is 0.135. The molecule has 6 heteroatoms. The number of nitrogens with one attached hydrogen (secondary N) is 1. The Morgan fingerprint density at radius 2 is 1.65 bits per heavy atom. The average Bonchev–Trinajstić information content (AvgIpc) is 2.53. The van der Waals surface area contributed by atoms with Crippen molar-refractivity contribution < 1.29 is 17.9 Å². The van der Waals surface area contributed by atoms with E-state index < -0.39 is 10.0 Å². The van der Waals surface area contributed by atoms with Gasteiger partial charge in [-0.2, -0.15) is 0 Å². The van der Waals surface area contributed by atoms with Gasteiger partial charge < -0.3 is 9.47 Å². The fraction of sp³-hybridized carbons (Fsp3) is 0.294. The van der Waals surface area contributed by atoms with Crippen LogP contribution in [0.5, 0.6) is 11.5 Å². The first kappa shape index (κ1) is 17.3. The fourth-order valence-electron chi connectivity index (χ4n) is 2.05. The molecular formula is C17H21NO4S. The predicted molar refractivity (Wildman–Crippen MR) is 89.6 cm³/mol. The zero-order chi connectivity index (χ0) is 16.9. The lowest BCUT2D eigenvalue weighted by atomic mass is 10.2. The van der Waals surface area contributed by atoms with Gasteiger partial charge in [0.1, 0.15) is 23.0 Å². The van der Waals surface area contributed by atoms with Crippen LogP contribution < -0.4 is 14.2 Å². The third-order valence-electron chi connectivity index (χ3n) is 3.29. The molecule has 0 amide bonds. The van der Waals surface area contributed by atoms with Gasteiger partial charge in [-0.1, -0.05) is 23.8 Å². The molecule has 1 N–H and O–H groups in total. The first-order chi connectivity index (χ1) is 10.9. The van der Waals surface area contributed by atoms with Crippen LogP contribution in [0.2, 0.25) is 0 Å². The van der Waals surface area contributed by atoms with Crippen molar-refractivity contribution in [2.45, 2.75) is 18.7 Å². The van der Waals surface area contributed by atoms with Gasteiger partial charge in [-0.15, -0.1) is 0 Å². The van der Waals surface area contributed by atoms with E-state index in [1.165, 1.54) is 7.11 Å². The first-order valence-electron chi connectivity index (χ1n) is 7.26. The summed E-state index contributed by atoms with van der Waals surface area (Å²) in [6, 6.07) is 12.6. The Hall–Kier alpha value is -2.05. The second-order valence-corrected chi connectivity index (χ2v) is 6.95. The lowest BCUT2D eigenvalue weighted by Crippen LogP contribution is -2.28. The molecule has 0 aromatic heterocycles. The van der Waals surface area contributed by atoms with Crippen LogP contribution in [0.3, 0.4) is 0 Å². The van der Waals surface area contributed by atoms with Gasteiger partial charge >= 0.3 is 0 Å². The highest BCUT2D eigenvalue weighted by Gasteiger charge is 2.19. The molecule has 0 saturated heterocycles. The quantitative estimate of drug-likeness (QED) is 0.790. The number of methoxy groups -OCH3 is 1. The summed E-state index contributed by atoms with van der Waals surface area (Å²) in [6.45, 7) is 4.25. The Kier molecular flexibility index (Phi) is 5.63. The topological polar surface area (TPSA) is 64.6 Å². The molecule has 23 heavy (non-hydrogen) atoms. The molecule has 5 nitrogen and oxygen atoms in total. The summed E-state index contributed by atoms with van der Waals surface area (Å²) in [5.74, 6) is 1.03. The minimum atomic E-state index is -3.64. The highest BCUT2D eigenvalue weighted by atomic mass is 32.2. The van der Waals surface area contributed by atoms with Gasteiger partial charge in [0.05, 0.1) is 7.11 Å². The van der Waals surface area contributed by atoms with E-state index in [1.807, 2.05) is 38.1 Å². The molecule has 2 rings (SSSR count). The molecule has 0 unspecified atom stereocenters. The summed E-state index contributed by atoms with van der Waals surface area (Å²) in [7, 11) is -2.19. The average molecular weight is 335 g/mol. The molecule has 124 valence electrons. The van der Waals surface area contributed by atoms with Crippen LogP contribution in [0.25, 0.3) is 0 Å². The molecule has 0 bridgehead atoms. The Balaban J connectivity index is 1.96. The molecule has 0 saturated carbocycles. The van der Waals surface area contributed by atoms with Gasteiger partial charge in [-0.05, 0) is 43.7 Å². The maximum Gasteiger partial charge on any atom is 0.244 e. The molecule has 0 aliphatic carbocycles. The van der Waals surface area contributed by atoms with Crippen LogP contribution in [0, 0.1) is 13.8 Å². The Morgan fingerprint density at radius 3 is 2.30 bits per heavy atom. The van der Waals surface area contributed by atoms with E-state index in [0.29, 0.717) is 11.5 Å². The molecule has 0 radical (unpaired) electrons. The van der Waals surface area contributed by atoms with Crippen molar-refractivity contribution >= 4 is 10.0 Å². The Morgan fingerprint density at radius 1 is 1.00 bits per heavy atom. The molecule has 2 aromatic rings. The molecule has 2 aromatic carbocycles. The maximum atomic E-state index is 12.4. The number of ether oxygens (including phenoxy) is 2. The number of hydrogen-bond acceptors (Lipinski definition) is 4. The van der Waals surface area contributed by atoms with Crippen molar-refractivity contribution in [2.24, 2.45) is 0 Å². The summed E-state index contributed by atoms with van der Waals surface area (Å²) in [5.41, 5.74) is 1.99. The van der Waals surface area contributed by atoms with Crippen molar-refractivity contribution in [1.82, 2.24) is 4.72 Å². The largest absolute Gasteiger partial charge is 0.495 e. The van der Waals surface area contributed by atoms with E-state index in [1.54, 1.807) is 18.2 Å². The summed E-state index contributed by atoms with van der Waals surface area (Å²) in [5, 5.41) is 0. The van der Waals surface area contributed by atoms with Crippen molar-refractivity contribution in [3.63, 3.8) is 0 Å². The molecule has 0 atom stereocenters. The fourth-order valence-corrected chi connectivity index (χ4v) is 3.32.